The molecule has 0 bridgehead atoms. The van der Waals surface area contributed by atoms with E-state index in [1.165, 1.54) is 12.1 Å². The molecule has 0 heterocycles. The van der Waals surface area contributed by atoms with Gasteiger partial charge in [-0.3, -0.25) is 30.0 Å². The molecule has 0 spiro atoms. The fourth-order valence-corrected chi connectivity index (χ4v) is 2.97. The van der Waals surface area contributed by atoms with Crippen molar-refractivity contribution in [1.82, 2.24) is 10.9 Å². The Morgan fingerprint density at radius 1 is 0.647 bits per heavy atom. The molecule has 3 aromatic carbocycles. The topological polar surface area (TPSA) is 114 Å². The molecule has 3 rings (SSSR count). The summed E-state index contributed by atoms with van der Waals surface area (Å²) in [4.78, 5) is 48.1. The maximum Gasteiger partial charge on any atom is 0.306 e. The monoisotopic (exact) mass is 459 g/mol. The number of carbonyl (C=O) groups is 4. The maximum absolute atomic E-state index is 12.2. The average molecular weight is 460 g/mol. The Kier molecular flexibility index (Phi) is 8.92. The van der Waals surface area contributed by atoms with Gasteiger partial charge in [0.25, 0.3) is 11.8 Å². The van der Waals surface area contributed by atoms with E-state index in [1.54, 1.807) is 36.4 Å². The van der Waals surface area contributed by atoms with Gasteiger partial charge in [-0.1, -0.05) is 48.5 Å². The molecule has 0 aromatic heterocycles. The second kappa shape index (κ2) is 12.5. The fourth-order valence-electron chi connectivity index (χ4n) is 2.97. The predicted molar refractivity (Wildman–Crippen MR) is 127 cm³/mol. The summed E-state index contributed by atoms with van der Waals surface area (Å²) >= 11 is 0. The van der Waals surface area contributed by atoms with Crippen LogP contribution in [0.15, 0.2) is 84.9 Å². The Morgan fingerprint density at radius 3 is 1.94 bits per heavy atom. The second-order valence-corrected chi connectivity index (χ2v) is 7.36. The Balaban J connectivity index is 1.34. The lowest BCUT2D eigenvalue weighted by Gasteiger charge is -2.09. The normalized spacial score (nSPS) is 10.1. The van der Waals surface area contributed by atoms with Crippen molar-refractivity contribution in [2.75, 3.05) is 11.9 Å². The van der Waals surface area contributed by atoms with Crippen LogP contribution in [-0.2, 0) is 20.7 Å². The van der Waals surface area contributed by atoms with Gasteiger partial charge < -0.3 is 10.1 Å². The van der Waals surface area contributed by atoms with Crippen molar-refractivity contribution < 1.29 is 23.9 Å². The molecular formula is C26H25N3O5. The number of anilines is 1. The van der Waals surface area contributed by atoms with Crippen molar-refractivity contribution in [2.45, 2.75) is 19.3 Å². The van der Waals surface area contributed by atoms with Gasteiger partial charge in [0.2, 0.25) is 5.91 Å². The third-order valence-electron chi connectivity index (χ3n) is 4.81. The van der Waals surface area contributed by atoms with Crippen molar-refractivity contribution in [2.24, 2.45) is 0 Å². The molecule has 3 N–H and O–H groups in total. The number of rotatable bonds is 9. The van der Waals surface area contributed by atoms with Gasteiger partial charge in [-0.15, -0.1) is 0 Å². The van der Waals surface area contributed by atoms with E-state index in [-0.39, 0.29) is 25.4 Å². The highest BCUT2D eigenvalue weighted by Crippen LogP contribution is 2.11. The quantitative estimate of drug-likeness (QED) is 0.336. The lowest BCUT2D eigenvalue weighted by atomic mass is 10.1. The van der Waals surface area contributed by atoms with Crippen LogP contribution < -0.4 is 16.2 Å². The lowest BCUT2D eigenvalue weighted by Crippen LogP contribution is -2.41. The van der Waals surface area contributed by atoms with E-state index in [4.69, 9.17) is 4.74 Å². The number of carbonyl (C=O) groups excluding carboxylic acids is 4. The first-order valence-electron chi connectivity index (χ1n) is 10.8. The first-order valence-corrected chi connectivity index (χ1v) is 10.8. The van der Waals surface area contributed by atoms with Crippen LogP contribution in [-0.4, -0.2) is 30.3 Å². The molecular weight excluding hydrogens is 434 g/mol. The molecule has 8 nitrogen and oxygen atoms in total. The zero-order valence-electron chi connectivity index (χ0n) is 18.5. The number of nitrogens with one attached hydrogen (secondary N) is 3. The van der Waals surface area contributed by atoms with Gasteiger partial charge in [0.05, 0.1) is 13.0 Å². The van der Waals surface area contributed by atoms with Crippen molar-refractivity contribution in [1.29, 1.82) is 0 Å². The minimum atomic E-state index is -0.528. The third kappa shape index (κ3) is 7.90. The molecule has 0 aliphatic carbocycles. The number of ether oxygens (including phenoxy) is 1. The van der Waals surface area contributed by atoms with E-state index in [2.05, 4.69) is 16.2 Å². The molecule has 3 aromatic rings. The molecule has 3 amide bonds. The minimum Gasteiger partial charge on any atom is -0.465 e. The molecule has 0 radical (unpaired) electrons. The predicted octanol–water partition coefficient (Wildman–Crippen LogP) is 3.27. The molecule has 0 saturated heterocycles. The summed E-state index contributed by atoms with van der Waals surface area (Å²) in [7, 11) is 0. The second-order valence-electron chi connectivity index (χ2n) is 7.36. The van der Waals surface area contributed by atoms with Gasteiger partial charge >= 0.3 is 5.97 Å². The molecule has 0 aliphatic rings. The first-order chi connectivity index (χ1) is 16.5. The van der Waals surface area contributed by atoms with Crippen LogP contribution in [0, 0.1) is 0 Å². The molecule has 0 aliphatic heterocycles. The number of hydrogen-bond acceptors (Lipinski definition) is 5. The third-order valence-corrected chi connectivity index (χ3v) is 4.81. The summed E-state index contributed by atoms with van der Waals surface area (Å²) in [5.74, 6) is -1.78. The van der Waals surface area contributed by atoms with Gasteiger partial charge in [0.1, 0.15) is 0 Å². The Labute approximate surface area is 197 Å². The lowest BCUT2D eigenvalue weighted by molar-refractivity contribution is -0.144. The van der Waals surface area contributed by atoms with Gasteiger partial charge in [-0.25, -0.2) is 0 Å². The Morgan fingerprint density at radius 2 is 1.26 bits per heavy atom. The van der Waals surface area contributed by atoms with Crippen molar-refractivity contribution in [3.05, 3.63) is 102 Å². The van der Waals surface area contributed by atoms with Gasteiger partial charge in [0, 0.05) is 29.7 Å². The number of amides is 3. The van der Waals surface area contributed by atoms with E-state index in [0.29, 0.717) is 23.2 Å². The maximum atomic E-state index is 12.2. The average Bonchev–Trinajstić information content (AvgIpc) is 2.87. The Bertz CT molecular complexity index is 1120. The first kappa shape index (κ1) is 24.2. The summed E-state index contributed by atoms with van der Waals surface area (Å²) < 4.78 is 5.12. The van der Waals surface area contributed by atoms with Crippen molar-refractivity contribution >= 4 is 29.4 Å². The smallest absolute Gasteiger partial charge is 0.306 e. The molecule has 174 valence electrons. The fraction of sp³-hybridized carbons (Fsp3) is 0.154. The summed E-state index contributed by atoms with van der Waals surface area (Å²) in [6.07, 6.45) is 0.394. The molecule has 0 atom stereocenters. The van der Waals surface area contributed by atoms with E-state index in [0.717, 1.165) is 5.56 Å². The zero-order valence-corrected chi connectivity index (χ0v) is 18.5. The van der Waals surface area contributed by atoms with Gasteiger partial charge in [-0.2, -0.15) is 0 Å². The van der Waals surface area contributed by atoms with Crippen LogP contribution in [0.3, 0.4) is 0 Å². The van der Waals surface area contributed by atoms with E-state index in [1.807, 2.05) is 36.4 Å². The van der Waals surface area contributed by atoms with Crippen LogP contribution in [0.1, 0.15) is 39.1 Å². The van der Waals surface area contributed by atoms with Crippen LogP contribution in [0.4, 0.5) is 5.69 Å². The highest BCUT2D eigenvalue weighted by atomic mass is 16.5. The van der Waals surface area contributed by atoms with Crippen molar-refractivity contribution in [3.63, 3.8) is 0 Å². The van der Waals surface area contributed by atoms with Crippen molar-refractivity contribution in [3.8, 4) is 0 Å². The summed E-state index contributed by atoms with van der Waals surface area (Å²) in [5, 5.41) is 2.74. The number of hydrogen-bond donors (Lipinski definition) is 3. The van der Waals surface area contributed by atoms with Gasteiger partial charge in [0.15, 0.2) is 0 Å². The largest absolute Gasteiger partial charge is 0.465 e. The SMILES string of the molecule is O=C(CCC(=O)OCCc1ccccc1)NNC(=O)c1ccc(NC(=O)c2ccccc2)cc1. The number of hydrazine groups is 1. The molecule has 34 heavy (non-hydrogen) atoms. The van der Waals surface area contributed by atoms with Crippen LogP contribution >= 0.6 is 0 Å². The zero-order chi connectivity index (χ0) is 24.2. The van der Waals surface area contributed by atoms with Crippen LogP contribution in [0.5, 0.6) is 0 Å². The summed E-state index contributed by atoms with van der Waals surface area (Å²) in [5.41, 5.74) is 6.96. The Hall–Kier alpha value is -4.46. The van der Waals surface area contributed by atoms with Gasteiger partial charge in [-0.05, 0) is 42.0 Å². The number of esters is 1. The van der Waals surface area contributed by atoms with E-state index in [9.17, 15) is 19.2 Å². The standard InChI is InChI=1S/C26H25N3O5/c30-23(15-16-24(31)34-18-17-19-7-3-1-4-8-19)28-29-26(33)21-11-13-22(14-12-21)27-25(32)20-9-5-2-6-10-20/h1-14H,15-18H2,(H,27,32)(H,28,30)(H,29,33). The summed E-state index contributed by atoms with van der Waals surface area (Å²) in [6, 6.07) is 24.6. The molecule has 0 unspecified atom stereocenters. The highest BCUT2D eigenvalue weighted by Gasteiger charge is 2.11. The molecule has 0 saturated carbocycles. The number of benzene rings is 3. The van der Waals surface area contributed by atoms with E-state index < -0.39 is 17.8 Å². The van der Waals surface area contributed by atoms with Crippen LogP contribution in [0.2, 0.25) is 0 Å². The highest BCUT2D eigenvalue weighted by molar-refractivity contribution is 6.04. The minimum absolute atomic E-state index is 0.0910. The van der Waals surface area contributed by atoms with E-state index >= 15 is 0 Å². The molecule has 0 fully saturated rings. The summed E-state index contributed by atoms with van der Waals surface area (Å²) in [6.45, 7) is 0.239. The molecule has 8 heteroatoms. The van der Waals surface area contributed by atoms with Crippen LogP contribution in [0.25, 0.3) is 0 Å².